The summed E-state index contributed by atoms with van der Waals surface area (Å²) < 4.78 is 38.8. The summed E-state index contributed by atoms with van der Waals surface area (Å²) >= 11 is 0. The van der Waals surface area contributed by atoms with E-state index in [9.17, 15) is 13.2 Å². The van der Waals surface area contributed by atoms with E-state index in [2.05, 4.69) is 30.6 Å². The normalized spacial score (nSPS) is 11.5. The lowest BCUT2D eigenvalue weighted by atomic mass is 10.3. The van der Waals surface area contributed by atoms with Crippen LogP contribution in [-0.4, -0.2) is 19.9 Å². The van der Waals surface area contributed by atoms with Gasteiger partial charge in [0.2, 0.25) is 5.82 Å². The number of hydrogen-bond donors (Lipinski definition) is 3. The maximum absolute atomic E-state index is 12.9. The van der Waals surface area contributed by atoms with E-state index in [0.717, 1.165) is 5.69 Å². The fourth-order valence-corrected chi connectivity index (χ4v) is 2.46. The van der Waals surface area contributed by atoms with Crippen molar-refractivity contribution in [3.05, 3.63) is 66.5 Å². The highest BCUT2D eigenvalue weighted by Crippen LogP contribution is 2.31. The Morgan fingerprint density at radius 2 is 1.22 bits per heavy atom. The van der Waals surface area contributed by atoms with Crippen LogP contribution in [0.3, 0.4) is 0 Å². The van der Waals surface area contributed by atoms with Crippen LogP contribution in [0.25, 0.3) is 11.3 Å². The maximum Gasteiger partial charge on any atom is 0.449 e. The number of H-pyrrole nitrogens is 1. The number of alkyl halides is 3. The van der Waals surface area contributed by atoms with Crippen LogP contribution < -0.4 is 10.6 Å². The minimum atomic E-state index is -4.61. The fourth-order valence-electron chi connectivity index (χ4n) is 2.46. The van der Waals surface area contributed by atoms with Crippen LogP contribution in [-0.2, 0) is 6.18 Å². The fraction of sp³-hybridized carbons (Fsp3) is 0.0556. The van der Waals surface area contributed by atoms with Gasteiger partial charge in [-0.15, -0.1) is 0 Å². The van der Waals surface area contributed by atoms with E-state index in [1.807, 2.05) is 60.7 Å². The highest BCUT2D eigenvalue weighted by molar-refractivity contribution is 5.79. The molecule has 4 aromatic rings. The van der Waals surface area contributed by atoms with Gasteiger partial charge >= 0.3 is 6.18 Å². The van der Waals surface area contributed by atoms with Crippen molar-refractivity contribution in [1.29, 1.82) is 0 Å². The minimum absolute atomic E-state index is 0.0561. The molecule has 0 bridgehead atoms. The summed E-state index contributed by atoms with van der Waals surface area (Å²) in [5.41, 5.74) is 1.25. The molecule has 27 heavy (non-hydrogen) atoms. The second-order valence-electron chi connectivity index (χ2n) is 5.66. The van der Waals surface area contributed by atoms with E-state index in [1.54, 1.807) is 0 Å². The topological polar surface area (TPSA) is 78.5 Å². The van der Waals surface area contributed by atoms with E-state index in [-0.39, 0.29) is 22.9 Å². The number of halogens is 3. The maximum atomic E-state index is 12.9. The Hall–Kier alpha value is -3.62. The molecular weight excluding hydrogens is 357 g/mol. The van der Waals surface area contributed by atoms with Crippen LogP contribution in [0, 0.1) is 0 Å². The summed E-state index contributed by atoms with van der Waals surface area (Å²) in [5, 5.41) is 6.13. The summed E-state index contributed by atoms with van der Waals surface area (Å²) in [6.45, 7) is 0. The van der Waals surface area contributed by atoms with Crippen molar-refractivity contribution in [2.75, 3.05) is 10.6 Å². The Labute approximate surface area is 151 Å². The molecule has 0 saturated carbocycles. The summed E-state index contributed by atoms with van der Waals surface area (Å²) in [6.07, 6.45) is -4.61. The molecule has 0 aliphatic rings. The number of aromatic nitrogens is 4. The number of benzene rings is 2. The van der Waals surface area contributed by atoms with Crippen LogP contribution in [0.15, 0.2) is 60.7 Å². The van der Waals surface area contributed by atoms with E-state index < -0.39 is 12.0 Å². The van der Waals surface area contributed by atoms with Crippen molar-refractivity contribution >= 4 is 34.3 Å². The lowest BCUT2D eigenvalue weighted by Crippen LogP contribution is -2.06. The molecule has 2 aromatic carbocycles. The van der Waals surface area contributed by atoms with Crippen LogP contribution >= 0.6 is 0 Å². The van der Waals surface area contributed by atoms with E-state index in [1.165, 1.54) is 0 Å². The molecule has 3 N–H and O–H groups in total. The molecule has 0 atom stereocenters. The van der Waals surface area contributed by atoms with Gasteiger partial charge in [0.1, 0.15) is 0 Å². The van der Waals surface area contributed by atoms with Crippen molar-refractivity contribution in [2.24, 2.45) is 0 Å². The number of rotatable bonds is 4. The van der Waals surface area contributed by atoms with E-state index in [0.29, 0.717) is 5.69 Å². The molecule has 0 amide bonds. The van der Waals surface area contributed by atoms with Crippen molar-refractivity contribution in [2.45, 2.75) is 6.18 Å². The Balaban J connectivity index is 1.80. The smallest absolute Gasteiger partial charge is 0.337 e. The number of para-hydroxylation sites is 2. The molecule has 0 spiro atoms. The summed E-state index contributed by atoms with van der Waals surface area (Å²) in [6, 6.07) is 18.3. The molecule has 9 heteroatoms. The predicted molar refractivity (Wildman–Crippen MR) is 96.1 cm³/mol. The van der Waals surface area contributed by atoms with Gasteiger partial charge in [-0.25, -0.2) is 15.0 Å². The number of anilines is 4. The van der Waals surface area contributed by atoms with Gasteiger partial charge < -0.3 is 15.6 Å². The van der Waals surface area contributed by atoms with Gasteiger partial charge in [0.15, 0.2) is 22.9 Å². The summed E-state index contributed by atoms with van der Waals surface area (Å²) in [5.74, 6) is -0.604. The molecule has 0 unspecified atom stereocenters. The summed E-state index contributed by atoms with van der Waals surface area (Å²) in [7, 11) is 0. The van der Waals surface area contributed by atoms with Gasteiger partial charge in [-0.2, -0.15) is 13.2 Å². The molecule has 2 heterocycles. The Bertz CT molecular complexity index is 983. The van der Waals surface area contributed by atoms with Crippen LogP contribution in [0.2, 0.25) is 0 Å². The first-order valence-corrected chi connectivity index (χ1v) is 7.98. The third-order valence-electron chi connectivity index (χ3n) is 3.67. The first-order chi connectivity index (χ1) is 13.0. The second kappa shape index (κ2) is 6.60. The molecule has 2 aromatic heterocycles. The first kappa shape index (κ1) is 16.8. The van der Waals surface area contributed by atoms with E-state index in [4.69, 9.17) is 0 Å². The molecule has 4 rings (SSSR count). The van der Waals surface area contributed by atoms with Crippen molar-refractivity contribution in [3.63, 3.8) is 0 Å². The number of nitrogens with zero attached hydrogens (tertiary/aromatic N) is 3. The second-order valence-corrected chi connectivity index (χ2v) is 5.66. The zero-order valence-electron chi connectivity index (χ0n) is 13.7. The minimum Gasteiger partial charge on any atom is -0.337 e. The molecule has 6 nitrogen and oxygen atoms in total. The van der Waals surface area contributed by atoms with Gasteiger partial charge in [0, 0.05) is 11.4 Å². The molecule has 136 valence electrons. The number of aromatic amines is 1. The molecule has 0 aliphatic heterocycles. The lowest BCUT2D eigenvalue weighted by molar-refractivity contribution is -0.144. The van der Waals surface area contributed by atoms with Crippen LogP contribution in [0.4, 0.5) is 36.2 Å². The van der Waals surface area contributed by atoms with Crippen molar-refractivity contribution < 1.29 is 13.2 Å². The SMILES string of the molecule is FC(F)(F)c1nc2nc(Nc3ccccc3)c(Nc3ccccc3)nc2[nH]1. The van der Waals surface area contributed by atoms with Gasteiger partial charge in [-0.1, -0.05) is 36.4 Å². The van der Waals surface area contributed by atoms with Gasteiger partial charge in [0.25, 0.3) is 0 Å². The molecule has 0 aliphatic carbocycles. The summed E-state index contributed by atoms with van der Waals surface area (Å²) in [4.78, 5) is 14.2. The Morgan fingerprint density at radius 1 is 0.704 bits per heavy atom. The third-order valence-corrected chi connectivity index (χ3v) is 3.67. The van der Waals surface area contributed by atoms with Gasteiger partial charge in [0.05, 0.1) is 0 Å². The average molecular weight is 370 g/mol. The largest absolute Gasteiger partial charge is 0.449 e. The number of nitrogens with one attached hydrogen (secondary N) is 3. The highest BCUT2D eigenvalue weighted by Gasteiger charge is 2.35. The van der Waals surface area contributed by atoms with Crippen molar-refractivity contribution in [3.8, 4) is 0 Å². The number of imidazole rings is 1. The standard InChI is InChI=1S/C18H13F3N6/c19-18(20,21)17-26-15-16(27-17)25-14(23-12-9-5-2-6-10-12)13(24-15)22-11-7-3-1-4-8-11/h1-10H,(H3,22,23,24,25,26,27). The molecule has 0 radical (unpaired) electrons. The third kappa shape index (κ3) is 3.66. The van der Waals surface area contributed by atoms with Crippen LogP contribution in [0.5, 0.6) is 0 Å². The molecular formula is C18H13F3N6. The number of hydrogen-bond acceptors (Lipinski definition) is 5. The molecule has 0 saturated heterocycles. The lowest BCUT2D eigenvalue weighted by Gasteiger charge is -2.12. The van der Waals surface area contributed by atoms with Gasteiger partial charge in [-0.3, -0.25) is 0 Å². The highest BCUT2D eigenvalue weighted by atomic mass is 19.4. The monoisotopic (exact) mass is 370 g/mol. The number of fused-ring (bicyclic) bond motifs is 1. The first-order valence-electron chi connectivity index (χ1n) is 7.98. The Morgan fingerprint density at radius 3 is 1.74 bits per heavy atom. The van der Waals surface area contributed by atoms with Crippen LogP contribution in [0.1, 0.15) is 5.82 Å². The van der Waals surface area contributed by atoms with Gasteiger partial charge in [-0.05, 0) is 24.3 Å². The Kier molecular flexibility index (Phi) is 4.11. The predicted octanol–water partition coefficient (Wildman–Crippen LogP) is 4.86. The van der Waals surface area contributed by atoms with E-state index >= 15 is 0 Å². The zero-order chi connectivity index (χ0) is 18.9. The quantitative estimate of drug-likeness (QED) is 0.478. The zero-order valence-corrected chi connectivity index (χ0v) is 13.7. The average Bonchev–Trinajstić information content (AvgIpc) is 3.07. The van der Waals surface area contributed by atoms with Crippen molar-refractivity contribution in [1.82, 2.24) is 19.9 Å². The molecule has 0 fully saturated rings.